The number of nitrogens with zero attached hydrogens (tertiary/aromatic N) is 8. The first kappa shape index (κ1) is 33.9. The van der Waals surface area contributed by atoms with Crippen LogP contribution in [-0.4, -0.2) is 66.6 Å². The Bertz CT molecular complexity index is 3030. The van der Waals surface area contributed by atoms with Crippen LogP contribution < -0.4 is 0 Å². The summed E-state index contributed by atoms with van der Waals surface area (Å²) in [6.45, 7) is 0.638. The van der Waals surface area contributed by atoms with E-state index in [-0.39, 0.29) is 6.03 Å². The summed E-state index contributed by atoms with van der Waals surface area (Å²) in [7, 11) is 0. The van der Waals surface area contributed by atoms with Crippen molar-refractivity contribution in [2.45, 2.75) is 24.2 Å². The Morgan fingerprint density at radius 3 is 1.42 bits per heavy atom. The largest absolute Gasteiger partial charge is 0.323 e. The molecule has 0 aliphatic carbocycles. The van der Waals surface area contributed by atoms with E-state index in [1.807, 2.05) is 94.7 Å². The first-order valence-electron chi connectivity index (χ1n) is 19.7. The van der Waals surface area contributed by atoms with E-state index in [0.29, 0.717) is 24.7 Å². The quantitative estimate of drug-likeness (QED) is 0.133. The lowest BCUT2D eigenvalue weighted by Gasteiger charge is -2.46. The van der Waals surface area contributed by atoms with Crippen LogP contribution in [0.4, 0.5) is 4.79 Å². The zero-order valence-corrected chi connectivity index (χ0v) is 31.9. The maximum Gasteiger partial charge on any atom is 0.323 e. The van der Waals surface area contributed by atoms with E-state index in [1.165, 1.54) is 12.7 Å². The molecule has 2 atom stereocenters. The molecule has 6 aromatic carbocycles. The average molecular weight is 783 g/mol. The lowest BCUT2D eigenvalue weighted by molar-refractivity contribution is 0.0980. The first-order valence-corrected chi connectivity index (χ1v) is 19.7. The van der Waals surface area contributed by atoms with Gasteiger partial charge >= 0.3 is 6.03 Å². The molecular weight excluding hydrogens is 749 g/mol. The van der Waals surface area contributed by atoms with Crippen LogP contribution in [0.2, 0.25) is 0 Å². The Labute approximate surface area is 342 Å². The molecule has 60 heavy (non-hydrogen) atoms. The van der Waals surface area contributed by atoms with Crippen molar-refractivity contribution in [2.24, 2.45) is 0 Å². The summed E-state index contributed by atoms with van der Waals surface area (Å²) >= 11 is 0. The summed E-state index contributed by atoms with van der Waals surface area (Å²) < 4.78 is 0. The molecule has 2 aliphatic rings. The van der Waals surface area contributed by atoms with Gasteiger partial charge in [-0.05, 0) is 57.6 Å². The molecule has 13 nitrogen and oxygen atoms in total. The molecule has 6 heterocycles. The van der Waals surface area contributed by atoms with Gasteiger partial charge in [-0.2, -0.15) is 20.4 Å². The van der Waals surface area contributed by atoms with Crippen LogP contribution in [0.25, 0.3) is 44.6 Å². The third kappa shape index (κ3) is 4.65. The molecule has 0 bridgehead atoms. The molecule has 0 spiro atoms. The highest BCUT2D eigenvalue weighted by Gasteiger charge is 2.59. The van der Waals surface area contributed by atoms with Gasteiger partial charge in [0.15, 0.2) is 11.6 Å². The van der Waals surface area contributed by atoms with Crippen molar-refractivity contribution >= 4 is 27.8 Å². The van der Waals surface area contributed by atoms with Crippen LogP contribution in [0.5, 0.6) is 0 Å². The van der Waals surface area contributed by atoms with Gasteiger partial charge in [0.05, 0.1) is 22.4 Å². The number of urea groups is 1. The van der Waals surface area contributed by atoms with E-state index < -0.39 is 11.1 Å². The maximum absolute atomic E-state index is 16.8. The standard InChI is InChI=1S/C47H34N12O/c60-45(58-25-31-11-1-5-19-37(31)46(58,41-35-17-3-7-21-39(35)52-54-41)33-15-9-13-29(23-33)43-48-27-50-56-43)59-26-32-12-2-6-20-38(32)47(59,42-36-18-4-8-22-40(36)53-55-42)34-16-10-14-30(24-34)44-49-28-51-57-44/h1-24,27-28H,25-26H2,(H,52,54)(H,53,55)(H,48,50,56)(H,49,51,57). The van der Waals surface area contributed by atoms with Crippen LogP contribution in [0.15, 0.2) is 158 Å². The normalized spacial score (nSPS) is 18.3. The lowest BCUT2D eigenvalue weighted by atomic mass is 9.77. The minimum absolute atomic E-state index is 0.185. The molecule has 288 valence electrons. The zero-order chi connectivity index (χ0) is 39.8. The van der Waals surface area contributed by atoms with E-state index in [4.69, 9.17) is 10.2 Å². The van der Waals surface area contributed by atoms with Gasteiger partial charge in [-0.15, -0.1) is 0 Å². The Morgan fingerprint density at radius 2 is 0.950 bits per heavy atom. The molecule has 0 radical (unpaired) electrons. The zero-order valence-electron chi connectivity index (χ0n) is 31.9. The summed E-state index contributed by atoms with van der Waals surface area (Å²) in [4.78, 5) is 29.8. The van der Waals surface area contributed by atoms with Crippen LogP contribution in [-0.2, 0) is 24.2 Å². The second-order valence-corrected chi connectivity index (χ2v) is 15.3. The lowest BCUT2D eigenvalue weighted by Crippen LogP contribution is -2.56. The van der Waals surface area contributed by atoms with E-state index in [1.54, 1.807) is 0 Å². The number of fused-ring (bicyclic) bond motifs is 4. The number of aromatic nitrogens is 10. The topological polar surface area (TPSA) is 164 Å². The van der Waals surface area contributed by atoms with Crippen molar-refractivity contribution in [3.8, 4) is 22.8 Å². The fourth-order valence-electron chi connectivity index (χ4n) is 9.85. The van der Waals surface area contributed by atoms with Gasteiger partial charge in [0.25, 0.3) is 0 Å². The summed E-state index contributed by atoms with van der Waals surface area (Å²) in [6.07, 6.45) is 3.00. The number of rotatable bonds is 6. The van der Waals surface area contributed by atoms with Crippen LogP contribution >= 0.6 is 0 Å². The van der Waals surface area contributed by atoms with E-state index >= 15 is 4.79 Å². The third-order valence-electron chi connectivity index (χ3n) is 12.3. The van der Waals surface area contributed by atoms with Crippen molar-refractivity contribution in [1.82, 2.24) is 60.6 Å². The van der Waals surface area contributed by atoms with Crippen molar-refractivity contribution < 1.29 is 4.79 Å². The summed E-state index contributed by atoms with van der Waals surface area (Å²) in [6, 6.07) is 49.0. The van der Waals surface area contributed by atoms with Crippen molar-refractivity contribution in [3.63, 3.8) is 0 Å². The molecule has 4 aromatic heterocycles. The molecule has 0 fully saturated rings. The third-order valence-corrected chi connectivity index (χ3v) is 12.3. The van der Waals surface area contributed by atoms with Gasteiger partial charge in [0, 0.05) is 35.0 Å². The summed E-state index contributed by atoms with van der Waals surface area (Å²) in [5, 5.41) is 32.9. The Hall–Kier alpha value is -8.19. The molecule has 0 saturated heterocycles. The van der Waals surface area contributed by atoms with Gasteiger partial charge in [-0.25, -0.2) is 14.8 Å². The molecule has 0 saturated carbocycles. The van der Waals surface area contributed by atoms with E-state index in [2.05, 4.69) is 101 Å². The van der Waals surface area contributed by atoms with Crippen LogP contribution in [0.1, 0.15) is 44.8 Å². The van der Waals surface area contributed by atoms with Gasteiger partial charge in [-0.3, -0.25) is 20.4 Å². The number of carbonyl (C=O) groups is 1. The predicted octanol–water partition coefficient (Wildman–Crippen LogP) is 8.04. The fourth-order valence-corrected chi connectivity index (χ4v) is 9.85. The number of aromatic amines is 4. The minimum Gasteiger partial charge on any atom is -0.301 e. The van der Waals surface area contributed by atoms with Gasteiger partial charge < -0.3 is 9.80 Å². The first-order chi connectivity index (χ1) is 29.7. The van der Waals surface area contributed by atoms with E-state index in [0.717, 1.165) is 77.7 Å². The number of H-pyrrole nitrogens is 4. The molecule has 4 N–H and O–H groups in total. The number of carbonyl (C=O) groups excluding carboxylic acids is 1. The number of nitrogens with one attached hydrogen (secondary N) is 4. The second-order valence-electron chi connectivity index (χ2n) is 15.3. The molecule has 2 aliphatic heterocycles. The van der Waals surface area contributed by atoms with Crippen LogP contribution in [0.3, 0.4) is 0 Å². The molecular formula is C47H34N12O. The highest BCUT2D eigenvalue weighted by atomic mass is 16.2. The predicted molar refractivity (Wildman–Crippen MR) is 225 cm³/mol. The smallest absolute Gasteiger partial charge is 0.301 e. The molecule has 2 unspecified atom stereocenters. The van der Waals surface area contributed by atoms with E-state index in [9.17, 15) is 0 Å². The molecule has 10 aromatic rings. The molecule has 2 amide bonds. The SMILES string of the molecule is O=C(N1Cc2ccccc2C1(c1cccc(-c2ncn[nH]2)c1)c1[nH]nc2ccccc12)N1Cc2ccccc2C1(c1cccc(-c2ncn[nH]2)c1)c1[nH]nc2ccccc12. The number of para-hydroxylation sites is 2. The van der Waals surface area contributed by atoms with Crippen molar-refractivity contribution in [3.05, 3.63) is 203 Å². The summed E-state index contributed by atoms with van der Waals surface area (Å²) in [5.41, 5.74) is 8.20. The monoisotopic (exact) mass is 782 g/mol. The van der Waals surface area contributed by atoms with Gasteiger partial charge in [0.1, 0.15) is 23.7 Å². The Kier molecular flexibility index (Phi) is 7.30. The van der Waals surface area contributed by atoms with Crippen molar-refractivity contribution in [1.29, 1.82) is 0 Å². The summed E-state index contributed by atoms with van der Waals surface area (Å²) in [5.74, 6) is 1.25. The van der Waals surface area contributed by atoms with Gasteiger partial charge in [0.2, 0.25) is 0 Å². The van der Waals surface area contributed by atoms with Crippen molar-refractivity contribution in [2.75, 3.05) is 0 Å². The second kappa shape index (κ2) is 12.9. The maximum atomic E-state index is 16.8. The minimum atomic E-state index is -1.18. The Morgan fingerprint density at radius 1 is 0.500 bits per heavy atom. The molecule has 12 rings (SSSR count). The average Bonchev–Trinajstić information content (AvgIpc) is 4.17. The number of amides is 2. The van der Waals surface area contributed by atoms with Crippen LogP contribution in [0, 0.1) is 0 Å². The fraction of sp³-hybridized carbons (Fsp3) is 0.0851. The van der Waals surface area contributed by atoms with Gasteiger partial charge in [-0.1, -0.05) is 121 Å². The molecule has 13 heteroatoms. The number of benzene rings is 6. The Balaban J connectivity index is 1.16. The highest BCUT2D eigenvalue weighted by Crippen LogP contribution is 2.55. The number of hydrogen-bond donors (Lipinski definition) is 4. The number of hydrogen-bond acceptors (Lipinski definition) is 7. The highest BCUT2D eigenvalue weighted by molar-refractivity contribution is 5.91.